The van der Waals surface area contributed by atoms with Gasteiger partial charge in [-0.25, -0.2) is 4.79 Å². The number of amides is 1. The van der Waals surface area contributed by atoms with Crippen LogP contribution in [0, 0.1) is 0 Å². The van der Waals surface area contributed by atoms with E-state index in [2.05, 4.69) is 4.90 Å². The summed E-state index contributed by atoms with van der Waals surface area (Å²) in [6.07, 6.45) is 0. The SMILES string of the molecule is CCOC(=O)c1ccc(OCC(=O)N2CCN(c3cccc(Cl)c3)CC2)cc1. The fraction of sp³-hybridized carbons (Fsp3) is 0.333. The Morgan fingerprint density at radius 1 is 1.04 bits per heavy atom. The first-order valence-electron chi connectivity index (χ1n) is 9.25. The molecule has 6 nitrogen and oxygen atoms in total. The fourth-order valence-corrected chi connectivity index (χ4v) is 3.21. The Kier molecular flexibility index (Phi) is 6.76. The molecule has 0 atom stereocenters. The molecule has 0 bridgehead atoms. The van der Waals surface area contributed by atoms with Crippen LogP contribution in [-0.4, -0.2) is 56.2 Å². The molecular weight excluding hydrogens is 380 g/mol. The van der Waals surface area contributed by atoms with E-state index in [9.17, 15) is 9.59 Å². The molecule has 1 saturated heterocycles. The molecule has 3 rings (SSSR count). The molecule has 2 aromatic carbocycles. The number of piperazine rings is 1. The minimum atomic E-state index is -0.372. The van der Waals surface area contributed by atoms with Gasteiger partial charge in [0, 0.05) is 36.9 Å². The Bertz CT molecular complexity index is 817. The van der Waals surface area contributed by atoms with E-state index >= 15 is 0 Å². The van der Waals surface area contributed by atoms with E-state index in [-0.39, 0.29) is 18.5 Å². The summed E-state index contributed by atoms with van der Waals surface area (Å²) >= 11 is 6.05. The zero-order chi connectivity index (χ0) is 19.9. The molecule has 1 amide bonds. The van der Waals surface area contributed by atoms with Gasteiger partial charge in [-0.3, -0.25) is 4.79 Å². The third-order valence-corrected chi connectivity index (χ3v) is 4.77. The summed E-state index contributed by atoms with van der Waals surface area (Å²) in [5.74, 6) is 0.113. The van der Waals surface area contributed by atoms with Gasteiger partial charge in [0.1, 0.15) is 5.75 Å². The summed E-state index contributed by atoms with van der Waals surface area (Å²) in [5, 5.41) is 0.707. The minimum Gasteiger partial charge on any atom is -0.484 e. The molecular formula is C21H23ClN2O4. The number of benzene rings is 2. The van der Waals surface area contributed by atoms with Crippen LogP contribution < -0.4 is 9.64 Å². The summed E-state index contributed by atoms with van der Waals surface area (Å²) in [5.41, 5.74) is 1.52. The number of hydrogen-bond acceptors (Lipinski definition) is 5. The number of carbonyl (C=O) groups excluding carboxylic acids is 2. The van der Waals surface area contributed by atoms with E-state index in [1.165, 1.54) is 0 Å². The van der Waals surface area contributed by atoms with Gasteiger partial charge in [-0.1, -0.05) is 17.7 Å². The quantitative estimate of drug-likeness (QED) is 0.694. The molecule has 1 aliphatic rings. The number of hydrogen-bond donors (Lipinski definition) is 0. The second kappa shape index (κ2) is 9.46. The Morgan fingerprint density at radius 3 is 2.39 bits per heavy atom. The Balaban J connectivity index is 1.46. The van der Waals surface area contributed by atoms with Gasteiger partial charge in [-0.15, -0.1) is 0 Å². The highest BCUT2D eigenvalue weighted by atomic mass is 35.5. The molecule has 1 fully saturated rings. The van der Waals surface area contributed by atoms with Gasteiger partial charge >= 0.3 is 5.97 Å². The van der Waals surface area contributed by atoms with Crippen LogP contribution in [-0.2, 0) is 9.53 Å². The van der Waals surface area contributed by atoms with Crippen LogP contribution in [0.5, 0.6) is 5.75 Å². The van der Waals surface area contributed by atoms with Crippen LogP contribution in [0.1, 0.15) is 17.3 Å². The lowest BCUT2D eigenvalue weighted by molar-refractivity contribution is -0.133. The van der Waals surface area contributed by atoms with Crippen molar-refractivity contribution in [3.05, 3.63) is 59.1 Å². The van der Waals surface area contributed by atoms with Crippen molar-refractivity contribution in [1.29, 1.82) is 0 Å². The zero-order valence-corrected chi connectivity index (χ0v) is 16.5. The van der Waals surface area contributed by atoms with Crippen molar-refractivity contribution in [1.82, 2.24) is 4.90 Å². The van der Waals surface area contributed by atoms with Crippen molar-refractivity contribution < 1.29 is 19.1 Å². The van der Waals surface area contributed by atoms with Gasteiger partial charge < -0.3 is 19.3 Å². The molecule has 28 heavy (non-hydrogen) atoms. The molecule has 2 aromatic rings. The molecule has 0 radical (unpaired) electrons. The van der Waals surface area contributed by atoms with Crippen LogP contribution in [0.4, 0.5) is 5.69 Å². The Hall–Kier alpha value is -2.73. The first-order valence-corrected chi connectivity index (χ1v) is 9.63. The molecule has 1 heterocycles. The maximum Gasteiger partial charge on any atom is 0.338 e. The van der Waals surface area contributed by atoms with Crippen molar-refractivity contribution in [3.8, 4) is 5.75 Å². The highest BCUT2D eigenvalue weighted by molar-refractivity contribution is 6.30. The number of rotatable bonds is 6. The lowest BCUT2D eigenvalue weighted by atomic mass is 10.2. The predicted octanol–water partition coefficient (Wildman–Crippen LogP) is 3.24. The standard InChI is InChI=1S/C21H23ClN2O4/c1-2-27-21(26)16-6-8-19(9-7-16)28-15-20(25)24-12-10-23(11-13-24)18-5-3-4-17(22)14-18/h3-9,14H,2,10-13,15H2,1H3. The molecule has 0 spiro atoms. The number of carbonyl (C=O) groups is 2. The van der Waals surface area contributed by atoms with E-state index in [4.69, 9.17) is 21.1 Å². The number of anilines is 1. The second-order valence-electron chi connectivity index (χ2n) is 6.38. The van der Waals surface area contributed by atoms with Gasteiger partial charge in [-0.2, -0.15) is 0 Å². The van der Waals surface area contributed by atoms with E-state index in [0.29, 0.717) is 36.0 Å². The van der Waals surface area contributed by atoms with E-state index in [1.54, 1.807) is 36.1 Å². The van der Waals surface area contributed by atoms with Crippen LogP contribution in [0.3, 0.4) is 0 Å². The molecule has 0 aromatic heterocycles. The smallest absolute Gasteiger partial charge is 0.338 e. The van der Waals surface area contributed by atoms with Crippen LogP contribution >= 0.6 is 11.6 Å². The first kappa shape index (κ1) is 20.0. The average molecular weight is 403 g/mol. The zero-order valence-electron chi connectivity index (χ0n) is 15.8. The molecule has 7 heteroatoms. The second-order valence-corrected chi connectivity index (χ2v) is 6.82. The van der Waals surface area contributed by atoms with Gasteiger partial charge in [0.15, 0.2) is 6.61 Å². The molecule has 0 aliphatic carbocycles. The van der Waals surface area contributed by atoms with E-state index in [1.807, 2.05) is 24.3 Å². The summed E-state index contributed by atoms with van der Waals surface area (Å²) < 4.78 is 10.5. The van der Waals surface area contributed by atoms with Crippen molar-refractivity contribution in [3.63, 3.8) is 0 Å². The van der Waals surface area contributed by atoms with Crippen molar-refractivity contribution in [2.24, 2.45) is 0 Å². The molecule has 0 N–H and O–H groups in total. The lowest BCUT2D eigenvalue weighted by Gasteiger charge is -2.36. The van der Waals surface area contributed by atoms with E-state index in [0.717, 1.165) is 18.8 Å². The maximum absolute atomic E-state index is 12.4. The molecule has 0 saturated carbocycles. The average Bonchev–Trinajstić information content (AvgIpc) is 2.72. The van der Waals surface area contributed by atoms with Gasteiger partial charge in [0.25, 0.3) is 5.91 Å². The number of ether oxygens (including phenoxy) is 2. The normalized spacial score (nSPS) is 13.9. The Morgan fingerprint density at radius 2 is 1.75 bits per heavy atom. The van der Waals surface area contributed by atoms with Crippen LogP contribution in [0.25, 0.3) is 0 Å². The van der Waals surface area contributed by atoms with Crippen LogP contribution in [0.15, 0.2) is 48.5 Å². The lowest BCUT2D eigenvalue weighted by Crippen LogP contribution is -2.50. The van der Waals surface area contributed by atoms with Crippen molar-refractivity contribution >= 4 is 29.2 Å². The highest BCUT2D eigenvalue weighted by Gasteiger charge is 2.21. The topological polar surface area (TPSA) is 59.1 Å². The maximum atomic E-state index is 12.4. The summed E-state index contributed by atoms with van der Waals surface area (Å²) in [7, 11) is 0. The van der Waals surface area contributed by atoms with Gasteiger partial charge in [-0.05, 0) is 49.4 Å². The minimum absolute atomic E-state index is 0.0318. The molecule has 1 aliphatic heterocycles. The van der Waals surface area contributed by atoms with Crippen LogP contribution in [0.2, 0.25) is 5.02 Å². The summed E-state index contributed by atoms with van der Waals surface area (Å²) in [4.78, 5) is 28.1. The third kappa shape index (κ3) is 5.16. The number of nitrogens with zero attached hydrogens (tertiary/aromatic N) is 2. The third-order valence-electron chi connectivity index (χ3n) is 4.53. The molecule has 148 valence electrons. The summed E-state index contributed by atoms with van der Waals surface area (Å²) in [6.45, 7) is 4.83. The van der Waals surface area contributed by atoms with Gasteiger partial charge in [0.2, 0.25) is 0 Å². The first-order chi connectivity index (χ1) is 13.6. The largest absolute Gasteiger partial charge is 0.484 e. The van der Waals surface area contributed by atoms with Crippen molar-refractivity contribution in [2.75, 3.05) is 44.3 Å². The number of esters is 1. The highest BCUT2D eigenvalue weighted by Crippen LogP contribution is 2.21. The van der Waals surface area contributed by atoms with Crippen molar-refractivity contribution in [2.45, 2.75) is 6.92 Å². The number of halogens is 1. The van der Waals surface area contributed by atoms with E-state index < -0.39 is 0 Å². The van der Waals surface area contributed by atoms with Gasteiger partial charge in [0.05, 0.1) is 12.2 Å². The fourth-order valence-electron chi connectivity index (χ4n) is 3.02. The predicted molar refractivity (Wildman–Crippen MR) is 108 cm³/mol. The Labute approximate surface area is 169 Å². The molecule has 0 unspecified atom stereocenters. The summed E-state index contributed by atoms with van der Waals surface area (Å²) in [6, 6.07) is 14.3. The monoisotopic (exact) mass is 402 g/mol.